The Hall–Kier alpha value is -8.28. The number of thiocarbonyl (C=S) groups is 1. The average molecular weight is 1650 g/mol. The van der Waals surface area contributed by atoms with E-state index in [2.05, 4.69) is 16.0 Å². The number of anilines is 1. The minimum Gasteiger partial charge on any atom is -0.480 e. The van der Waals surface area contributed by atoms with Gasteiger partial charge in [0.05, 0.1) is 55.7 Å². The number of hydrogen-bond acceptors (Lipinski definition) is 24. The van der Waals surface area contributed by atoms with Gasteiger partial charge in [-0.15, -0.1) is 0 Å². The molecule has 4 aromatic carbocycles. The van der Waals surface area contributed by atoms with Crippen LogP contribution in [0.3, 0.4) is 0 Å². The van der Waals surface area contributed by atoms with Crippen LogP contribution in [0.2, 0.25) is 0 Å². The molecule has 575 valence electrons. The van der Waals surface area contributed by atoms with Crippen LogP contribution in [0.15, 0.2) is 126 Å². The van der Waals surface area contributed by atoms with Gasteiger partial charge in [0.25, 0.3) is 5.91 Å². The molecule has 1 radical (unpaired) electrons. The van der Waals surface area contributed by atoms with Gasteiger partial charge in [-0.25, -0.2) is 9.59 Å². The van der Waals surface area contributed by atoms with Crippen molar-refractivity contribution >= 4 is 88.4 Å². The van der Waals surface area contributed by atoms with Gasteiger partial charge in [-0.1, -0.05) is 92.7 Å². The molecule has 2 bridgehead atoms. The minimum atomic E-state index is -2.56. The molecule has 2 heterocycles. The third-order valence-electron chi connectivity index (χ3n) is 20.8. The minimum absolute atomic E-state index is 0. The van der Waals surface area contributed by atoms with Crippen molar-refractivity contribution < 1.29 is 152 Å². The van der Waals surface area contributed by atoms with E-state index in [1.807, 2.05) is 0 Å². The number of Topliss-reactive ketones (excluding diaryl/α,β-unsaturated/α-hetero) is 1. The predicted octanol–water partition coefficient (Wildman–Crippen LogP) is 3.52. The molecule has 2 aliphatic heterocycles. The quantitative estimate of drug-likeness (QED) is 0.0143. The van der Waals surface area contributed by atoms with Crippen LogP contribution < -0.4 is 16.0 Å². The Morgan fingerprint density at radius 3 is 1.79 bits per heavy atom. The van der Waals surface area contributed by atoms with Crippen LogP contribution >= 0.6 is 12.2 Å². The van der Waals surface area contributed by atoms with Crippen molar-refractivity contribution in [2.24, 2.45) is 16.7 Å². The fourth-order valence-electron chi connectivity index (χ4n) is 15.5. The Morgan fingerprint density at radius 2 is 1.23 bits per heavy atom. The number of carboxylic acid groups (broad SMARTS) is 4. The molecule has 1 unspecified atom stereocenters. The number of esters is 5. The predicted molar refractivity (Wildman–Crippen MR) is 380 cm³/mol. The molecule has 0 aromatic heterocycles. The molecule has 12 atom stereocenters. The van der Waals surface area contributed by atoms with E-state index in [9.17, 15) is 78.6 Å². The maximum Gasteiger partial charge on any atom is 3.00 e. The summed E-state index contributed by atoms with van der Waals surface area (Å²) in [5.41, 5.74) is -6.88. The monoisotopic (exact) mass is 1650 g/mol. The smallest absolute Gasteiger partial charge is 0.480 e. The van der Waals surface area contributed by atoms with Gasteiger partial charge < -0.3 is 75.0 Å². The zero-order valence-electron chi connectivity index (χ0n) is 60.1. The summed E-state index contributed by atoms with van der Waals surface area (Å²) in [6.45, 7) is 6.92. The van der Waals surface area contributed by atoms with Crippen molar-refractivity contribution in [1.82, 2.24) is 30.2 Å². The Bertz CT molecular complexity index is 3950. The van der Waals surface area contributed by atoms with E-state index in [-0.39, 0.29) is 158 Å². The average Bonchev–Trinajstić information content (AvgIpc) is 0.667. The first kappa shape index (κ1) is 84.3. The molecule has 9 rings (SSSR count). The Balaban J connectivity index is 0.0000144. The van der Waals surface area contributed by atoms with Gasteiger partial charge >= 0.3 is 93.7 Å². The number of amides is 1. The summed E-state index contributed by atoms with van der Waals surface area (Å²) in [5, 5.41) is 74.7. The SMILES string of the molecule is CC(=O)O[C@H]1C(=O)[C@]2(C)[C@@H](OC(=O)CCCNC(=S)Nc3ccc(CC4CN(CC(=O)O)CCN(CC(=O)O)CCN(CC(=O)O)CCN4CC(=O)O)cc3)C[C@H]3OC[C@@]3(OC(C)=O)[C@H]2[C@H](OC(=O)c2ccccc2)[C@]2(O)C[C@H](OC(=O)[C@H](O)[C@@H](NC(=O)c3ccccc3)c3ccccc3)C(C)=C1C2(C)C.[Gd+3]. The molecule has 1 amide bonds. The Labute approximate surface area is 655 Å². The van der Waals surface area contributed by atoms with Crippen molar-refractivity contribution in [2.45, 2.75) is 134 Å². The molecular weight excluding hydrogens is 1560 g/mol. The number of ether oxygens (including phenoxy) is 6. The number of carboxylic acids is 4. The number of nitrogens with one attached hydrogen (secondary N) is 3. The van der Waals surface area contributed by atoms with Gasteiger partial charge in [-0.2, -0.15) is 0 Å². The molecule has 5 aliphatic rings. The number of nitrogens with zero attached hydrogens (tertiary/aromatic N) is 4. The molecule has 107 heavy (non-hydrogen) atoms. The molecular formula is C75H91GdN7O23S+3. The Kier molecular flexibility index (Phi) is 29.0. The molecule has 4 fully saturated rings. The van der Waals surface area contributed by atoms with E-state index in [0.29, 0.717) is 16.8 Å². The first-order chi connectivity index (χ1) is 50.2. The zero-order valence-corrected chi connectivity index (χ0v) is 63.2. The third kappa shape index (κ3) is 20.2. The van der Waals surface area contributed by atoms with Crippen LogP contribution in [0.25, 0.3) is 0 Å². The van der Waals surface area contributed by atoms with E-state index in [1.54, 1.807) is 111 Å². The first-order valence-corrected chi connectivity index (χ1v) is 35.3. The van der Waals surface area contributed by atoms with Crippen molar-refractivity contribution in [3.8, 4) is 0 Å². The van der Waals surface area contributed by atoms with Crippen LogP contribution in [0.1, 0.15) is 105 Å². The van der Waals surface area contributed by atoms with Crippen molar-refractivity contribution in [2.75, 3.05) is 90.5 Å². The van der Waals surface area contributed by atoms with Crippen molar-refractivity contribution in [3.05, 3.63) is 149 Å². The van der Waals surface area contributed by atoms with Crippen molar-refractivity contribution in [3.63, 3.8) is 0 Å². The first-order valence-electron chi connectivity index (χ1n) is 34.9. The number of carbonyl (C=O) groups excluding carboxylic acids is 7. The summed E-state index contributed by atoms with van der Waals surface area (Å²) >= 11 is 5.65. The Morgan fingerprint density at radius 1 is 0.682 bits per heavy atom. The van der Waals surface area contributed by atoms with Gasteiger partial charge in [0.1, 0.15) is 30.0 Å². The summed E-state index contributed by atoms with van der Waals surface area (Å²) in [6, 6.07) is 28.7. The van der Waals surface area contributed by atoms with Gasteiger partial charge in [-0.05, 0) is 97.6 Å². The topological polar surface area (TPSA) is 414 Å². The van der Waals surface area contributed by atoms with E-state index < -0.39 is 168 Å². The van der Waals surface area contributed by atoms with Crippen molar-refractivity contribution in [1.29, 1.82) is 0 Å². The normalized spacial score (nSPS) is 26.0. The molecule has 30 nitrogen and oxygen atoms in total. The molecule has 32 heteroatoms. The second-order valence-corrected chi connectivity index (χ2v) is 28.6. The fourth-order valence-corrected chi connectivity index (χ4v) is 15.7. The summed E-state index contributed by atoms with van der Waals surface area (Å²) < 4.78 is 37.8. The zero-order chi connectivity index (χ0) is 77.0. The van der Waals surface area contributed by atoms with Crippen LogP contribution in [0.4, 0.5) is 5.69 Å². The van der Waals surface area contributed by atoms with Crippen LogP contribution in [0, 0.1) is 56.7 Å². The standard InChI is InChI=1S/C75H91N7O23S.Gd/c1-44-53(102-70(98)63(94)62(48-17-10-7-11-18-48)78-68(96)49-19-12-8-13-20-49)37-75(99)67(104-69(97)50-21-14-9-15-22-50)65-73(6,66(95)64(101-45(2)83)61(44)72(75,4)5)54(36-55-74(65,43-100-55)105-46(3)84)103-60(93)23-16-28-76-71(106)77-51-26-24-47(25-27-51)35-52-38-81(41-58(89)90)32-31-79(39-56(85)86)29-30-80(40-57(87)88)33-34-82(52)42-59(91)92;/h7-15,17-22,24-27,52-55,62-65,67,94,99H,16,23,28-43H2,1-6H3,(H,78,96)(H,85,86)(H,87,88)(H,89,90)(H,91,92)(H2,76,77,106);/q;+3/t52?,53-,54-,55+,62-,63+,64+,65-,67-,73+,74-,75+;/m0./s1. The number of aliphatic hydroxyl groups is 2. The number of carbonyl (C=O) groups is 11. The van der Waals surface area contributed by atoms with Gasteiger partial charge in [0.2, 0.25) is 0 Å². The molecule has 0 spiro atoms. The molecule has 9 N–H and O–H groups in total. The van der Waals surface area contributed by atoms with E-state index in [1.165, 1.54) is 52.0 Å². The molecule has 4 aromatic rings. The summed E-state index contributed by atoms with van der Waals surface area (Å²) in [6.07, 6.45) is -11.5. The molecule has 2 saturated heterocycles. The van der Waals surface area contributed by atoms with Crippen LogP contribution in [-0.4, -0.2) is 260 Å². The fraction of sp³-hybridized carbons (Fsp3) is 0.493. The summed E-state index contributed by atoms with van der Waals surface area (Å²) in [7, 11) is 0. The molecule has 2 saturated carbocycles. The number of aliphatic carboxylic acids is 4. The number of fused-ring (bicyclic) bond motifs is 5. The van der Waals surface area contributed by atoms with Gasteiger partial charge in [-0.3, -0.25) is 62.8 Å². The van der Waals surface area contributed by atoms with Crippen LogP contribution in [-0.2, 0) is 78.0 Å². The van der Waals surface area contributed by atoms with E-state index in [0.717, 1.165) is 13.8 Å². The molecule has 3 aliphatic carbocycles. The number of rotatable bonds is 26. The summed E-state index contributed by atoms with van der Waals surface area (Å²) in [4.78, 5) is 156. The maximum absolute atomic E-state index is 16.6. The van der Waals surface area contributed by atoms with E-state index in [4.69, 9.17) is 40.6 Å². The van der Waals surface area contributed by atoms with Gasteiger partial charge in [0, 0.05) is 108 Å². The van der Waals surface area contributed by atoms with Crippen LogP contribution in [0.5, 0.6) is 0 Å². The number of hydrogen-bond donors (Lipinski definition) is 9. The maximum atomic E-state index is 16.6. The number of aliphatic hydroxyl groups excluding tert-OH is 1. The second-order valence-electron chi connectivity index (χ2n) is 28.2. The van der Waals surface area contributed by atoms with Gasteiger partial charge in [0.15, 0.2) is 28.7 Å². The number of ketones is 1. The van der Waals surface area contributed by atoms with E-state index >= 15 is 4.79 Å². The second kappa shape index (κ2) is 36.8. The summed E-state index contributed by atoms with van der Waals surface area (Å²) in [5.74, 6) is -12.9. The number of benzene rings is 4. The largest absolute Gasteiger partial charge is 3.00 e. The third-order valence-corrected chi connectivity index (χ3v) is 21.1.